The number of ether oxygens (including phenoxy) is 2. The van der Waals surface area contributed by atoms with E-state index in [0.29, 0.717) is 17.0 Å². The van der Waals surface area contributed by atoms with Crippen LogP contribution >= 0.6 is 0 Å². The normalized spacial score (nSPS) is 10.9. The van der Waals surface area contributed by atoms with E-state index in [0.717, 1.165) is 16.3 Å². The summed E-state index contributed by atoms with van der Waals surface area (Å²) in [5.41, 5.74) is 1.37. The van der Waals surface area contributed by atoms with Crippen molar-refractivity contribution in [3.63, 3.8) is 0 Å². The number of rotatable bonds is 2. The maximum Gasteiger partial charge on any atom is 0.191 e. The molecule has 1 N–H and O–H groups in total. The molecule has 0 aliphatic heterocycles. The summed E-state index contributed by atoms with van der Waals surface area (Å²) in [6, 6.07) is 1.87. The van der Waals surface area contributed by atoms with Crippen molar-refractivity contribution in [3.8, 4) is 11.5 Å². The third-order valence-corrected chi connectivity index (χ3v) is 2.70. The number of pyridine rings is 1. The van der Waals surface area contributed by atoms with E-state index in [4.69, 9.17) is 9.47 Å². The van der Waals surface area contributed by atoms with Gasteiger partial charge in [0.15, 0.2) is 17.0 Å². The molecule has 86 valence electrons. The standard InChI is InChI=1S/C11H10N4O2/c1-16-10-6-3-4-12-5-7(6)8-9(11(10)17-2)14-15-13-8/h3-5H,1-2H3,(H,13,14,15). The summed E-state index contributed by atoms with van der Waals surface area (Å²) in [4.78, 5) is 4.10. The van der Waals surface area contributed by atoms with Gasteiger partial charge in [-0.25, -0.2) is 0 Å². The zero-order valence-corrected chi connectivity index (χ0v) is 9.39. The monoisotopic (exact) mass is 230 g/mol. The molecule has 0 saturated heterocycles. The van der Waals surface area contributed by atoms with Crippen molar-refractivity contribution in [2.75, 3.05) is 14.2 Å². The molecule has 2 aromatic heterocycles. The van der Waals surface area contributed by atoms with E-state index in [1.54, 1.807) is 26.6 Å². The summed E-state index contributed by atoms with van der Waals surface area (Å²) in [5.74, 6) is 1.22. The van der Waals surface area contributed by atoms with Crippen LogP contribution in [-0.4, -0.2) is 34.6 Å². The molecule has 3 aromatic rings. The van der Waals surface area contributed by atoms with Gasteiger partial charge in [-0.2, -0.15) is 15.4 Å². The highest BCUT2D eigenvalue weighted by Gasteiger charge is 2.18. The number of hydrogen-bond donors (Lipinski definition) is 1. The van der Waals surface area contributed by atoms with Crippen LogP contribution in [0.15, 0.2) is 18.5 Å². The highest BCUT2D eigenvalue weighted by atomic mass is 16.5. The van der Waals surface area contributed by atoms with Crippen LogP contribution in [0.1, 0.15) is 0 Å². The van der Waals surface area contributed by atoms with E-state index in [-0.39, 0.29) is 0 Å². The van der Waals surface area contributed by atoms with Gasteiger partial charge in [0, 0.05) is 23.2 Å². The van der Waals surface area contributed by atoms with Gasteiger partial charge in [-0.1, -0.05) is 0 Å². The number of nitrogens with one attached hydrogen (secondary N) is 1. The molecule has 6 nitrogen and oxygen atoms in total. The van der Waals surface area contributed by atoms with Crippen LogP contribution in [0.3, 0.4) is 0 Å². The van der Waals surface area contributed by atoms with Crippen LogP contribution in [0.25, 0.3) is 21.8 Å². The smallest absolute Gasteiger partial charge is 0.191 e. The second kappa shape index (κ2) is 3.58. The second-order valence-corrected chi connectivity index (χ2v) is 3.51. The van der Waals surface area contributed by atoms with Gasteiger partial charge in [-0.3, -0.25) is 4.98 Å². The van der Waals surface area contributed by atoms with Crippen molar-refractivity contribution in [3.05, 3.63) is 18.5 Å². The topological polar surface area (TPSA) is 72.9 Å². The minimum atomic E-state index is 0.579. The van der Waals surface area contributed by atoms with Crippen molar-refractivity contribution in [1.29, 1.82) is 0 Å². The Kier molecular flexibility index (Phi) is 2.07. The average Bonchev–Trinajstić information content (AvgIpc) is 2.86. The van der Waals surface area contributed by atoms with Crippen molar-refractivity contribution in [2.24, 2.45) is 0 Å². The van der Waals surface area contributed by atoms with E-state index in [9.17, 15) is 0 Å². The fourth-order valence-corrected chi connectivity index (χ4v) is 1.98. The first-order valence-corrected chi connectivity index (χ1v) is 5.05. The molecule has 0 fully saturated rings. The lowest BCUT2D eigenvalue weighted by Gasteiger charge is -2.10. The van der Waals surface area contributed by atoms with Gasteiger partial charge in [0.05, 0.1) is 14.2 Å². The highest BCUT2D eigenvalue weighted by Crippen LogP contribution is 2.40. The molecule has 0 aliphatic rings. The van der Waals surface area contributed by atoms with Crippen LogP contribution in [0.2, 0.25) is 0 Å². The van der Waals surface area contributed by atoms with E-state index in [2.05, 4.69) is 20.4 Å². The number of methoxy groups -OCH3 is 2. The maximum absolute atomic E-state index is 5.39. The molecule has 0 saturated carbocycles. The Labute approximate surface area is 96.6 Å². The summed E-state index contributed by atoms with van der Waals surface area (Å²) < 4.78 is 10.7. The Hall–Kier alpha value is -2.37. The first kappa shape index (κ1) is 9.83. The number of benzene rings is 1. The molecule has 0 unspecified atom stereocenters. The Morgan fingerprint density at radius 1 is 1.00 bits per heavy atom. The summed E-state index contributed by atoms with van der Waals surface area (Å²) in [6.45, 7) is 0. The molecule has 17 heavy (non-hydrogen) atoms. The third-order valence-electron chi connectivity index (χ3n) is 2.70. The molecular formula is C11H10N4O2. The van der Waals surface area contributed by atoms with E-state index < -0.39 is 0 Å². The summed E-state index contributed by atoms with van der Waals surface area (Å²) in [6.07, 6.45) is 3.44. The molecule has 3 rings (SSSR count). The van der Waals surface area contributed by atoms with Crippen molar-refractivity contribution >= 4 is 21.8 Å². The average molecular weight is 230 g/mol. The lowest BCUT2D eigenvalue weighted by molar-refractivity contribution is 0.361. The number of hydrogen-bond acceptors (Lipinski definition) is 5. The molecule has 1 aromatic carbocycles. The minimum absolute atomic E-state index is 0.579. The fraction of sp³-hybridized carbons (Fsp3) is 0.182. The molecule has 0 bridgehead atoms. The molecule has 2 heterocycles. The minimum Gasteiger partial charge on any atom is -0.492 e. The lowest BCUT2D eigenvalue weighted by atomic mass is 10.1. The van der Waals surface area contributed by atoms with E-state index in [1.807, 2.05) is 6.07 Å². The summed E-state index contributed by atoms with van der Waals surface area (Å²) in [5, 5.41) is 12.6. The van der Waals surface area contributed by atoms with E-state index in [1.165, 1.54) is 0 Å². The van der Waals surface area contributed by atoms with E-state index >= 15 is 0 Å². The number of aromatic nitrogens is 4. The van der Waals surface area contributed by atoms with Gasteiger partial charge in [-0.15, -0.1) is 0 Å². The summed E-state index contributed by atoms with van der Waals surface area (Å²) in [7, 11) is 3.18. The van der Waals surface area contributed by atoms with Gasteiger partial charge in [0.2, 0.25) is 0 Å². The summed E-state index contributed by atoms with van der Waals surface area (Å²) >= 11 is 0. The van der Waals surface area contributed by atoms with Crippen LogP contribution in [0.4, 0.5) is 0 Å². The molecule has 0 radical (unpaired) electrons. The molecule has 6 heteroatoms. The Morgan fingerprint density at radius 3 is 2.53 bits per heavy atom. The first-order chi connectivity index (χ1) is 8.36. The fourth-order valence-electron chi connectivity index (χ4n) is 1.98. The predicted octanol–water partition coefficient (Wildman–Crippen LogP) is 1.52. The molecule has 0 atom stereocenters. The van der Waals surface area contributed by atoms with Crippen LogP contribution in [0, 0.1) is 0 Å². The molecular weight excluding hydrogens is 220 g/mol. The Morgan fingerprint density at radius 2 is 1.76 bits per heavy atom. The molecule has 0 aliphatic carbocycles. The third kappa shape index (κ3) is 1.24. The Balaban J connectivity index is 2.60. The van der Waals surface area contributed by atoms with Crippen LogP contribution in [-0.2, 0) is 0 Å². The number of nitrogens with zero attached hydrogens (tertiary/aromatic N) is 3. The van der Waals surface area contributed by atoms with Crippen molar-refractivity contribution in [2.45, 2.75) is 0 Å². The quantitative estimate of drug-likeness (QED) is 0.722. The SMILES string of the molecule is COc1c(OC)c2n[nH]nc2c2cnccc12. The van der Waals surface area contributed by atoms with Gasteiger partial charge in [0.1, 0.15) is 5.52 Å². The Bertz CT molecular complexity index is 692. The molecule has 0 spiro atoms. The van der Waals surface area contributed by atoms with Crippen molar-refractivity contribution < 1.29 is 9.47 Å². The van der Waals surface area contributed by atoms with Gasteiger partial charge in [0.25, 0.3) is 0 Å². The zero-order valence-electron chi connectivity index (χ0n) is 9.39. The van der Waals surface area contributed by atoms with Crippen LogP contribution in [0.5, 0.6) is 11.5 Å². The van der Waals surface area contributed by atoms with Gasteiger partial charge >= 0.3 is 0 Å². The maximum atomic E-state index is 5.39. The van der Waals surface area contributed by atoms with Crippen LogP contribution < -0.4 is 9.47 Å². The lowest BCUT2D eigenvalue weighted by Crippen LogP contribution is -1.94. The predicted molar refractivity (Wildman–Crippen MR) is 62.3 cm³/mol. The number of fused-ring (bicyclic) bond motifs is 3. The molecule has 0 amide bonds. The second-order valence-electron chi connectivity index (χ2n) is 3.51. The van der Waals surface area contributed by atoms with Gasteiger partial charge < -0.3 is 9.47 Å². The number of aromatic amines is 1. The van der Waals surface area contributed by atoms with Crippen molar-refractivity contribution in [1.82, 2.24) is 20.4 Å². The first-order valence-electron chi connectivity index (χ1n) is 5.05. The highest BCUT2D eigenvalue weighted by molar-refractivity contribution is 6.10. The zero-order chi connectivity index (χ0) is 11.8. The largest absolute Gasteiger partial charge is 0.492 e. The van der Waals surface area contributed by atoms with Gasteiger partial charge in [-0.05, 0) is 6.07 Å². The number of H-pyrrole nitrogens is 1.